The second-order valence-corrected chi connectivity index (χ2v) is 5.68. The van der Waals surface area contributed by atoms with E-state index in [0.29, 0.717) is 6.04 Å². The Kier molecular flexibility index (Phi) is 5.11. The minimum Gasteiger partial charge on any atom is -0.464 e. The van der Waals surface area contributed by atoms with Crippen molar-refractivity contribution < 1.29 is 4.42 Å². The molecule has 0 saturated carbocycles. The second-order valence-electron chi connectivity index (χ2n) is 4.82. The van der Waals surface area contributed by atoms with Gasteiger partial charge in [-0.1, -0.05) is 29.8 Å². The molecule has 0 aliphatic carbocycles. The number of furan rings is 1. The first-order valence-corrected chi connectivity index (χ1v) is 7.95. The van der Waals surface area contributed by atoms with Crippen molar-refractivity contribution >= 4 is 11.8 Å². The molecule has 1 heterocycles. The van der Waals surface area contributed by atoms with Crippen LogP contribution in [0.15, 0.2) is 40.8 Å². The Morgan fingerprint density at radius 2 is 2.00 bits per heavy atom. The van der Waals surface area contributed by atoms with Gasteiger partial charge >= 0.3 is 0 Å². The first-order valence-electron chi connectivity index (χ1n) is 6.55. The largest absolute Gasteiger partial charge is 0.464 e. The van der Waals surface area contributed by atoms with Crippen LogP contribution in [0.2, 0.25) is 0 Å². The predicted octanol–water partition coefficient (Wildman–Crippen LogP) is 4.30. The summed E-state index contributed by atoms with van der Waals surface area (Å²) < 4.78 is 5.75. The zero-order valence-corrected chi connectivity index (χ0v) is 12.6. The third-order valence-electron chi connectivity index (χ3n) is 3.13. The molecule has 2 nitrogen and oxygen atoms in total. The lowest BCUT2D eigenvalue weighted by Crippen LogP contribution is -2.17. The molecular weight excluding hydrogens is 254 g/mol. The molecule has 0 amide bonds. The van der Waals surface area contributed by atoms with Gasteiger partial charge in [0.25, 0.3) is 0 Å². The number of hydrogen-bond acceptors (Lipinski definition) is 3. The van der Waals surface area contributed by atoms with Gasteiger partial charge in [0.1, 0.15) is 11.5 Å². The SMILES string of the molecule is CSCc1ccc(CN[C@@H](C)c2cccc(C)c2)o1. The smallest absolute Gasteiger partial charge is 0.118 e. The minimum atomic E-state index is 0.328. The van der Waals surface area contributed by atoms with Crippen molar-refractivity contribution in [2.45, 2.75) is 32.2 Å². The third-order valence-corrected chi connectivity index (χ3v) is 3.70. The van der Waals surface area contributed by atoms with Gasteiger partial charge < -0.3 is 9.73 Å². The second kappa shape index (κ2) is 6.83. The summed E-state index contributed by atoms with van der Waals surface area (Å²) >= 11 is 1.78. The molecule has 2 aromatic rings. The summed E-state index contributed by atoms with van der Waals surface area (Å²) in [6.45, 7) is 5.07. The fourth-order valence-corrected chi connectivity index (χ4v) is 2.49. The van der Waals surface area contributed by atoms with Gasteiger partial charge in [-0.25, -0.2) is 0 Å². The van der Waals surface area contributed by atoms with Crippen LogP contribution in [-0.4, -0.2) is 6.26 Å². The zero-order chi connectivity index (χ0) is 13.7. The van der Waals surface area contributed by atoms with Gasteiger partial charge in [0.05, 0.1) is 12.3 Å². The van der Waals surface area contributed by atoms with E-state index < -0.39 is 0 Å². The maximum atomic E-state index is 5.75. The summed E-state index contributed by atoms with van der Waals surface area (Å²) in [5.74, 6) is 2.99. The van der Waals surface area contributed by atoms with Crippen molar-refractivity contribution in [1.82, 2.24) is 5.32 Å². The molecular formula is C16H21NOS. The van der Waals surface area contributed by atoms with Crippen LogP contribution in [0.4, 0.5) is 0 Å². The molecule has 2 rings (SSSR count). The van der Waals surface area contributed by atoms with E-state index in [1.807, 2.05) is 0 Å². The minimum absolute atomic E-state index is 0.328. The van der Waals surface area contributed by atoms with Crippen molar-refractivity contribution in [3.05, 3.63) is 59.0 Å². The fourth-order valence-electron chi connectivity index (χ4n) is 2.05. The van der Waals surface area contributed by atoms with Crippen LogP contribution < -0.4 is 5.32 Å². The summed E-state index contributed by atoms with van der Waals surface area (Å²) in [6.07, 6.45) is 2.08. The van der Waals surface area contributed by atoms with Crippen LogP contribution in [0.5, 0.6) is 0 Å². The van der Waals surface area contributed by atoms with Crippen LogP contribution in [0.1, 0.15) is 35.6 Å². The number of hydrogen-bond donors (Lipinski definition) is 1. The van der Waals surface area contributed by atoms with Gasteiger partial charge in [0.15, 0.2) is 0 Å². The highest BCUT2D eigenvalue weighted by Gasteiger charge is 2.07. The normalized spacial score (nSPS) is 12.6. The van der Waals surface area contributed by atoms with Gasteiger partial charge in [0.2, 0.25) is 0 Å². The highest BCUT2D eigenvalue weighted by molar-refractivity contribution is 7.97. The number of nitrogens with one attached hydrogen (secondary N) is 1. The fraction of sp³-hybridized carbons (Fsp3) is 0.375. The van der Waals surface area contributed by atoms with Gasteiger partial charge in [-0.2, -0.15) is 11.8 Å². The molecule has 0 saturated heterocycles. The van der Waals surface area contributed by atoms with E-state index in [2.05, 4.69) is 61.8 Å². The van der Waals surface area contributed by atoms with Crippen molar-refractivity contribution in [3.8, 4) is 0 Å². The molecule has 0 radical (unpaired) electrons. The predicted molar refractivity (Wildman–Crippen MR) is 82.4 cm³/mol. The van der Waals surface area contributed by atoms with Crippen molar-refractivity contribution in [3.63, 3.8) is 0 Å². The Morgan fingerprint density at radius 1 is 1.21 bits per heavy atom. The molecule has 3 heteroatoms. The Balaban J connectivity index is 1.90. The number of benzene rings is 1. The maximum absolute atomic E-state index is 5.75. The molecule has 0 fully saturated rings. The molecule has 1 aromatic heterocycles. The summed E-state index contributed by atoms with van der Waals surface area (Å²) in [5, 5.41) is 3.50. The monoisotopic (exact) mass is 275 g/mol. The van der Waals surface area contributed by atoms with Crippen molar-refractivity contribution in [2.75, 3.05) is 6.26 Å². The Morgan fingerprint density at radius 3 is 2.74 bits per heavy atom. The molecule has 0 bridgehead atoms. The Hall–Kier alpha value is -1.19. The summed E-state index contributed by atoms with van der Waals surface area (Å²) in [7, 11) is 0. The average Bonchev–Trinajstić information content (AvgIpc) is 2.84. The molecule has 1 N–H and O–H groups in total. The third kappa shape index (κ3) is 4.15. The van der Waals surface area contributed by atoms with Gasteiger partial charge in [-0.05, 0) is 37.8 Å². The van der Waals surface area contributed by atoms with E-state index in [-0.39, 0.29) is 0 Å². The number of thioether (sulfide) groups is 1. The molecule has 102 valence electrons. The van der Waals surface area contributed by atoms with E-state index >= 15 is 0 Å². The first-order chi connectivity index (χ1) is 9.19. The summed E-state index contributed by atoms with van der Waals surface area (Å²) in [5.41, 5.74) is 2.61. The summed E-state index contributed by atoms with van der Waals surface area (Å²) in [6, 6.07) is 13.1. The molecule has 0 spiro atoms. The molecule has 1 atom stereocenters. The first kappa shape index (κ1) is 14.2. The Bertz CT molecular complexity index is 521. The van der Waals surface area contributed by atoms with Crippen LogP contribution in [0.3, 0.4) is 0 Å². The zero-order valence-electron chi connectivity index (χ0n) is 11.8. The molecule has 0 unspecified atom stereocenters. The maximum Gasteiger partial charge on any atom is 0.118 e. The average molecular weight is 275 g/mol. The van der Waals surface area contributed by atoms with Crippen LogP contribution in [0, 0.1) is 6.92 Å². The van der Waals surface area contributed by atoms with E-state index in [0.717, 1.165) is 23.8 Å². The molecule has 0 aliphatic heterocycles. The topological polar surface area (TPSA) is 25.2 Å². The number of rotatable bonds is 6. The van der Waals surface area contributed by atoms with Crippen molar-refractivity contribution in [2.24, 2.45) is 0 Å². The van der Waals surface area contributed by atoms with Gasteiger partial charge in [0, 0.05) is 6.04 Å². The van der Waals surface area contributed by atoms with Gasteiger partial charge in [-0.15, -0.1) is 0 Å². The van der Waals surface area contributed by atoms with E-state index in [1.54, 1.807) is 11.8 Å². The van der Waals surface area contributed by atoms with Gasteiger partial charge in [-0.3, -0.25) is 0 Å². The van der Waals surface area contributed by atoms with Crippen molar-refractivity contribution in [1.29, 1.82) is 0 Å². The van der Waals surface area contributed by atoms with Crippen LogP contribution >= 0.6 is 11.8 Å². The van der Waals surface area contributed by atoms with Crippen LogP contribution in [-0.2, 0) is 12.3 Å². The van der Waals surface area contributed by atoms with E-state index in [9.17, 15) is 0 Å². The molecule has 19 heavy (non-hydrogen) atoms. The lowest BCUT2D eigenvalue weighted by atomic mass is 10.1. The quantitative estimate of drug-likeness (QED) is 0.851. The lowest BCUT2D eigenvalue weighted by Gasteiger charge is -2.13. The highest BCUT2D eigenvalue weighted by Crippen LogP contribution is 2.16. The molecule has 0 aliphatic rings. The van der Waals surface area contributed by atoms with E-state index in [4.69, 9.17) is 4.42 Å². The highest BCUT2D eigenvalue weighted by atomic mass is 32.2. The standard InChI is InChI=1S/C16H21NOS/c1-12-5-4-6-14(9-12)13(2)17-10-15-7-8-16(18-15)11-19-3/h4-9,13,17H,10-11H2,1-3H3/t13-/m0/s1. The lowest BCUT2D eigenvalue weighted by molar-refractivity contribution is 0.442. The Labute approximate surface area is 119 Å². The summed E-state index contributed by atoms with van der Waals surface area (Å²) in [4.78, 5) is 0. The van der Waals surface area contributed by atoms with E-state index in [1.165, 1.54) is 11.1 Å². The molecule has 1 aromatic carbocycles. The van der Waals surface area contributed by atoms with Crippen LogP contribution in [0.25, 0.3) is 0 Å². The number of aryl methyl sites for hydroxylation is 1.